The molecule has 0 aliphatic rings. The van der Waals surface area contributed by atoms with E-state index in [9.17, 15) is 4.79 Å². The van der Waals surface area contributed by atoms with Crippen LogP contribution in [0.3, 0.4) is 0 Å². The summed E-state index contributed by atoms with van der Waals surface area (Å²) in [5.74, 6) is 2.57. The molecule has 0 aromatic heterocycles. The molecule has 0 heterocycles. The van der Waals surface area contributed by atoms with Gasteiger partial charge in [0.25, 0.3) is 0 Å². The fourth-order valence-electron chi connectivity index (χ4n) is 1.60. The van der Waals surface area contributed by atoms with Gasteiger partial charge in [-0.2, -0.15) is 0 Å². The predicted octanol–water partition coefficient (Wildman–Crippen LogP) is 2.26. The Hall–Kier alpha value is -2.15. The maximum atomic E-state index is 11.0. The first kappa shape index (κ1) is 12.9. The van der Waals surface area contributed by atoms with E-state index in [0.29, 0.717) is 12.2 Å². The fourth-order valence-corrected chi connectivity index (χ4v) is 1.60. The summed E-state index contributed by atoms with van der Waals surface area (Å²) in [6.07, 6.45) is 4.32. The smallest absolute Gasteiger partial charge is 0.411 e. The highest BCUT2D eigenvalue weighted by molar-refractivity contribution is 5.90. The third-order valence-corrected chi connectivity index (χ3v) is 2.53. The van der Waals surface area contributed by atoms with Gasteiger partial charge in [0.05, 0.1) is 17.9 Å². The Balaban J connectivity index is 3.15. The molecule has 0 unspecified atom stereocenters. The number of benzene rings is 1. The summed E-state index contributed by atoms with van der Waals surface area (Å²) in [4.78, 5) is 14.1. The highest BCUT2D eigenvalue weighted by Crippen LogP contribution is 2.28. The van der Waals surface area contributed by atoms with Crippen LogP contribution in [0.1, 0.15) is 6.92 Å². The van der Waals surface area contributed by atoms with Crippen molar-refractivity contribution in [1.29, 1.82) is 0 Å². The molecule has 1 amide bonds. The highest BCUT2D eigenvalue weighted by Gasteiger charge is 2.15. The van der Waals surface area contributed by atoms with Crippen LogP contribution in [0.15, 0.2) is 24.3 Å². The molecule has 0 fully saturated rings. The van der Waals surface area contributed by atoms with Crippen molar-refractivity contribution in [1.82, 2.24) is 0 Å². The molecular weight excluding hydrogens is 216 g/mol. The lowest BCUT2D eigenvalue weighted by Crippen LogP contribution is -2.29. The van der Waals surface area contributed by atoms with Gasteiger partial charge in [0.2, 0.25) is 0 Å². The van der Waals surface area contributed by atoms with E-state index in [-0.39, 0.29) is 0 Å². The molecular formula is C13H16N2O2. The Bertz CT molecular complexity index is 437. The minimum atomic E-state index is -0.991. The van der Waals surface area contributed by atoms with Gasteiger partial charge in [0.1, 0.15) is 0 Å². The average Bonchev–Trinajstić information content (AvgIpc) is 2.35. The molecule has 0 aliphatic heterocycles. The van der Waals surface area contributed by atoms with Crippen LogP contribution in [0.2, 0.25) is 0 Å². The summed E-state index contributed by atoms with van der Waals surface area (Å²) in [7, 11) is 1.52. The van der Waals surface area contributed by atoms with E-state index in [1.807, 2.05) is 30.0 Å². The number of hydrogen-bond donors (Lipinski definition) is 1. The van der Waals surface area contributed by atoms with Crippen molar-refractivity contribution in [2.24, 2.45) is 0 Å². The molecule has 0 radical (unpaired) electrons. The Morgan fingerprint density at radius 1 is 1.41 bits per heavy atom. The number of terminal acetylenes is 1. The molecule has 4 nitrogen and oxygen atoms in total. The van der Waals surface area contributed by atoms with Gasteiger partial charge in [-0.05, 0) is 19.1 Å². The van der Waals surface area contributed by atoms with E-state index >= 15 is 0 Å². The zero-order chi connectivity index (χ0) is 12.8. The number of carboxylic acid groups (broad SMARTS) is 1. The number of anilines is 2. The standard InChI is InChI=1S/C13H16N2O2/c1-4-10-15(5-2)12-9-7-6-8-11(12)14(3)13(16)17/h1,6-9H,5,10H2,2-3H3,(H,16,17). The van der Waals surface area contributed by atoms with Crippen LogP contribution >= 0.6 is 0 Å². The lowest BCUT2D eigenvalue weighted by atomic mass is 10.2. The van der Waals surface area contributed by atoms with Gasteiger partial charge < -0.3 is 10.0 Å². The van der Waals surface area contributed by atoms with E-state index in [1.165, 1.54) is 11.9 Å². The second kappa shape index (κ2) is 5.80. The molecule has 0 spiro atoms. The minimum absolute atomic E-state index is 0.459. The molecule has 1 rings (SSSR count). The largest absolute Gasteiger partial charge is 0.465 e. The molecule has 4 heteroatoms. The average molecular weight is 232 g/mol. The van der Waals surface area contributed by atoms with E-state index in [2.05, 4.69) is 5.92 Å². The molecule has 90 valence electrons. The third kappa shape index (κ3) is 2.91. The topological polar surface area (TPSA) is 43.8 Å². The van der Waals surface area contributed by atoms with Crippen molar-refractivity contribution in [3.05, 3.63) is 24.3 Å². The molecule has 0 aliphatic carbocycles. The van der Waals surface area contributed by atoms with Crippen LogP contribution in [-0.2, 0) is 0 Å². The summed E-state index contributed by atoms with van der Waals surface area (Å²) >= 11 is 0. The lowest BCUT2D eigenvalue weighted by molar-refractivity contribution is 0.203. The SMILES string of the molecule is C#CCN(CC)c1ccccc1N(C)C(=O)O. The van der Waals surface area contributed by atoms with Gasteiger partial charge in [-0.1, -0.05) is 18.1 Å². The van der Waals surface area contributed by atoms with Crippen molar-refractivity contribution in [2.75, 3.05) is 29.9 Å². The molecule has 1 aromatic rings. The van der Waals surface area contributed by atoms with Crippen LogP contribution < -0.4 is 9.80 Å². The van der Waals surface area contributed by atoms with E-state index in [1.54, 1.807) is 6.07 Å². The zero-order valence-electron chi connectivity index (χ0n) is 10.1. The summed E-state index contributed by atoms with van der Waals surface area (Å²) in [5, 5.41) is 9.01. The van der Waals surface area contributed by atoms with Crippen molar-refractivity contribution in [3.63, 3.8) is 0 Å². The van der Waals surface area contributed by atoms with Crippen molar-refractivity contribution < 1.29 is 9.90 Å². The number of para-hydroxylation sites is 2. The zero-order valence-corrected chi connectivity index (χ0v) is 10.1. The summed E-state index contributed by atoms with van der Waals surface area (Å²) in [5.41, 5.74) is 1.47. The minimum Gasteiger partial charge on any atom is -0.465 e. The lowest BCUT2D eigenvalue weighted by Gasteiger charge is -2.26. The predicted molar refractivity (Wildman–Crippen MR) is 69.6 cm³/mol. The Labute approximate surface area is 101 Å². The van der Waals surface area contributed by atoms with Gasteiger partial charge in [0, 0.05) is 13.6 Å². The van der Waals surface area contributed by atoms with Gasteiger partial charge >= 0.3 is 6.09 Å². The van der Waals surface area contributed by atoms with Crippen LogP contribution in [0, 0.1) is 12.3 Å². The monoisotopic (exact) mass is 232 g/mol. The van der Waals surface area contributed by atoms with Crippen LogP contribution in [0.25, 0.3) is 0 Å². The number of rotatable bonds is 4. The first-order valence-corrected chi connectivity index (χ1v) is 5.35. The van der Waals surface area contributed by atoms with Crippen LogP contribution in [0.4, 0.5) is 16.2 Å². The quantitative estimate of drug-likeness (QED) is 0.810. The van der Waals surface area contributed by atoms with Crippen molar-refractivity contribution in [2.45, 2.75) is 6.92 Å². The molecule has 1 N–H and O–H groups in total. The van der Waals surface area contributed by atoms with Gasteiger partial charge in [-0.3, -0.25) is 4.90 Å². The molecule has 1 aromatic carbocycles. The molecule has 0 bridgehead atoms. The second-order valence-corrected chi connectivity index (χ2v) is 3.55. The van der Waals surface area contributed by atoms with Gasteiger partial charge in [0.15, 0.2) is 0 Å². The van der Waals surface area contributed by atoms with E-state index in [0.717, 1.165) is 12.2 Å². The summed E-state index contributed by atoms with van der Waals surface area (Å²) in [6, 6.07) is 7.31. The first-order valence-electron chi connectivity index (χ1n) is 5.35. The fraction of sp³-hybridized carbons (Fsp3) is 0.308. The van der Waals surface area contributed by atoms with Gasteiger partial charge in [-0.25, -0.2) is 4.79 Å². The third-order valence-electron chi connectivity index (χ3n) is 2.53. The van der Waals surface area contributed by atoms with E-state index < -0.39 is 6.09 Å². The molecule has 17 heavy (non-hydrogen) atoms. The normalized spacial score (nSPS) is 9.47. The maximum Gasteiger partial charge on any atom is 0.411 e. The second-order valence-electron chi connectivity index (χ2n) is 3.55. The van der Waals surface area contributed by atoms with Crippen molar-refractivity contribution >= 4 is 17.5 Å². The summed E-state index contributed by atoms with van der Waals surface area (Å²) in [6.45, 7) is 3.17. The highest BCUT2D eigenvalue weighted by atomic mass is 16.4. The van der Waals surface area contributed by atoms with Crippen LogP contribution in [-0.4, -0.2) is 31.3 Å². The number of hydrogen-bond acceptors (Lipinski definition) is 2. The van der Waals surface area contributed by atoms with E-state index in [4.69, 9.17) is 11.5 Å². The molecule has 0 atom stereocenters. The van der Waals surface area contributed by atoms with Crippen molar-refractivity contribution in [3.8, 4) is 12.3 Å². The van der Waals surface area contributed by atoms with Crippen LogP contribution in [0.5, 0.6) is 0 Å². The number of amides is 1. The Morgan fingerprint density at radius 2 is 2.00 bits per heavy atom. The molecule has 0 saturated carbocycles. The summed E-state index contributed by atoms with van der Waals surface area (Å²) < 4.78 is 0. The Kier molecular flexibility index (Phi) is 4.41. The first-order chi connectivity index (χ1) is 8.11. The van der Waals surface area contributed by atoms with Gasteiger partial charge in [-0.15, -0.1) is 6.42 Å². The molecule has 0 saturated heterocycles. The Morgan fingerprint density at radius 3 is 2.47 bits per heavy atom. The maximum absolute atomic E-state index is 11.0. The number of nitrogens with zero attached hydrogens (tertiary/aromatic N) is 2. The number of carbonyl (C=O) groups is 1.